The van der Waals surface area contributed by atoms with Gasteiger partial charge in [0.15, 0.2) is 0 Å². The first-order chi connectivity index (χ1) is 9.83. The van der Waals surface area contributed by atoms with Gasteiger partial charge >= 0.3 is 0 Å². The predicted molar refractivity (Wildman–Crippen MR) is 79.4 cm³/mol. The molecule has 0 amide bonds. The minimum Gasteiger partial charge on any atom is -0.491 e. The Balaban J connectivity index is 1.84. The van der Waals surface area contributed by atoms with E-state index in [2.05, 4.69) is 13.8 Å². The Labute approximate surface area is 122 Å². The summed E-state index contributed by atoms with van der Waals surface area (Å²) in [5.41, 5.74) is 1.23. The Morgan fingerprint density at radius 3 is 1.75 bits per heavy atom. The maximum absolute atomic E-state index is 5.55. The summed E-state index contributed by atoms with van der Waals surface area (Å²) >= 11 is 0. The first-order valence-electron chi connectivity index (χ1n) is 7.25. The van der Waals surface area contributed by atoms with Crippen LogP contribution in [-0.2, 0) is 14.2 Å². The average molecular weight is 282 g/mol. The summed E-state index contributed by atoms with van der Waals surface area (Å²) in [6.07, 6.45) is 1.05. The normalized spacial score (nSPS) is 10.7. The molecule has 0 fully saturated rings. The van der Waals surface area contributed by atoms with E-state index in [0.29, 0.717) is 39.6 Å². The molecular weight excluding hydrogens is 256 g/mol. The maximum Gasteiger partial charge on any atom is 0.119 e. The van der Waals surface area contributed by atoms with Crippen LogP contribution in [0.4, 0.5) is 0 Å². The lowest BCUT2D eigenvalue weighted by atomic mass is 10.2. The lowest BCUT2D eigenvalue weighted by Gasteiger charge is -2.08. The summed E-state index contributed by atoms with van der Waals surface area (Å²) in [4.78, 5) is 0. The number of hydrogen-bond acceptors (Lipinski definition) is 4. The van der Waals surface area contributed by atoms with Gasteiger partial charge < -0.3 is 18.9 Å². The fourth-order valence-corrected chi connectivity index (χ4v) is 1.54. The molecule has 0 radical (unpaired) electrons. The molecule has 20 heavy (non-hydrogen) atoms. The summed E-state index contributed by atoms with van der Waals surface area (Å²) in [6, 6.07) is 8.00. The average Bonchev–Trinajstić information content (AvgIpc) is 2.47. The molecule has 1 aromatic carbocycles. The Bertz CT molecular complexity index is 324. The molecule has 0 heterocycles. The van der Waals surface area contributed by atoms with Crippen LogP contribution in [0.1, 0.15) is 18.9 Å². The van der Waals surface area contributed by atoms with Crippen LogP contribution in [0.3, 0.4) is 0 Å². The Morgan fingerprint density at radius 1 is 0.700 bits per heavy atom. The molecule has 0 aliphatic carbocycles. The van der Waals surface area contributed by atoms with Crippen LogP contribution in [0, 0.1) is 6.92 Å². The van der Waals surface area contributed by atoms with Crippen molar-refractivity contribution in [2.75, 3.05) is 46.2 Å². The third-order valence-electron chi connectivity index (χ3n) is 2.61. The number of hydrogen-bond donors (Lipinski definition) is 0. The van der Waals surface area contributed by atoms with Crippen molar-refractivity contribution in [1.29, 1.82) is 0 Å². The summed E-state index contributed by atoms with van der Waals surface area (Å²) < 4.78 is 21.6. The van der Waals surface area contributed by atoms with E-state index in [0.717, 1.165) is 18.8 Å². The highest BCUT2D eigenvalue weighted by molar-refractivity contribution is 5.26. The molecule has 0 aromatic heterocycles. The van der Waals surface area contributed by atoms with Gasteiger partial charge in [-0.3, -0.25) is 0 Å². The second-order valence-corrected chi connectivity index (χ2v) is 4.50. The van der Waals surface area contributed by atoms with E-state index in [9.17, 15) is 0 Å². The number of ether oxygens (including phenoxy) is 4. The number of aryl methyl sites for hydroxylation is 1. The quantitative estimate of drug-likeness (QED) is 0.552. The Hall–Kier alpha value is -1.10. The SMILES string of the molecule is CCCOCCOCCOCCOc1ccc(C)cc1. The van der Waals surface area contributed by atoms with Gasteiger partial charge in [0, 0.05) is 6.61 Å². The second-order valence-electron chi connectivity index (χ2n) is 4.50. The molecule has 1 aromatic rings. The molecule has 1 rings (SSSR count). The van der Waals surface area contributed by atoms with Crippen molar-refractivity contribution in [2.45, 2.75) is 20.3 Å². The molecular formula is C16H26O4. The van der Waals surface area contributed by atoms with Crippen molar-refractivity contribution in [3.05, 3.63) is 29.8 Å². The highest BCUT2D eigenvalue weighted by atomic mass is 16.6. The minimum absolute atomic E-state index is 0.558. The van der Waals surface area contributed by atoms with Crippen molar-refractivity contribution < 1.29 is 18.9 Å². The van der Waals surface area contributed by atoms with Gasteiger partial charge in [0.25, 0.3) is 0 Å². The first kappa shape index (κ1) is 17.0. The Kier molecular flexibility index (Phi) is 9.92. The molecule has 0 saturated heterocycles. The highest BCUT2D eigenvalue weighted by Crippen LogP contribution is 2.10. The molecule has 0 aliphatic rings. The lowest BCUT2D eigenvalue weighted by molar-refractivity contribution is 0.00945. The molecule has 0 spiro atoms. The standard InChI is InChI=1S/C16H26O4/c1-3-8-17-9-10-18-11-12-19-13-14-20-16-6-4-15(2)5-7-16/h4-7H,3,8-14H2,1-2H3. The lowest BCUT2D eigenvalue weighted by Crippen LogP contribution is -2.12. The zero-order chi connectivity index (χ0) is 14.5. The van der Waals surface area contributed by atoms with Crippen LogP contribution in [0.15, 0.2) is 24.3 Å². The molecule has 0 N–H and O–H groups in total. The van der Waals surface area contributed by atoms with E-state index in [1.54, 1.807) is 0 Å². The molecule has 114 valence electrons. The zero-order valence-corrected chi connectivity index (χ0v) is 12.6. The third kappa shape index (κ3) is 8.91. The van der Waals surface area contributed by atoms with Gasteiger partial charge in [0.05, 0.1) is 33.0 Å². The largest absolute Gasteiger partial charge is 0.491 e. The topological polar surface area (TPSA) is 36.9 Å². The third-order valence-corrected chi connectivity index (χ3v) is 2.61. The minimum atomic E-state index is 0.558. The van der Waals surface area contributed by atoms with Crippen molar-refractivity contribution in [3.8, 4) is 5.75 Å². The van der Waals surface area contributed by atoms with E-state index in [1.165, 1.54) is 5.56 Å². The number of benzene rings is 1. The summed E-state index contributed by atoms with van der Waals surface area (Å²) in [7, 11) is 0. The van der Waals surface area contributed by atoms with E-state index >= 15 is 0 Å². The van der Waals surface area contributed by atoms with Crippen LogP contribution in [0.5, 0.6) is 5.75 Å². The fraction of sp³-hybridized carbons (Fsp3) is 0.625. The smallest absolute Gasteiger partial charge is 0.119 e. The van der Waals surface area contributed by atoms with Gasteiger partial charge in [0.1, 0.15) is 12.4 Å². The number of rotatable bonds is 12. The molecule has 0 aliphatic heterocycles. The Morgan fingerprint density at radius 2 is 1.20 bits per heavy atom. The van der Waals surface area contributed by atoms with E-state index in [-0.39, 0.29) is 0 Å². The van der Waals surface area contributed by atoms with Crippen LogP contribution in [0.25, 0.3) is 0 Å². The molecule has 0 saturated carbocycles. The van der Waals surface area contributed by atoms with Crippen LogP contribution in [-0.4, -0.2) is 46.2 Å². The molecule has 0 atom stereocenters. The molecule has 4 heteroatoms. The zero-order valence-electron chi connectivity index (χ0n) is 12.6. The summed E-state index contributed by atoms with van der Waals surface area (Å²) in [5.74, 6) is 0.878. The molecule has 4 nitrogen and oxygen atoms in total. The van der Waals surface area contributed by atoms with Gasteiger partial charge in [-0.15, -0.1) is 0 Å². The first-order valence-corrected chi connectivity index (χ1v) is 7.25. The van der Waals surface area contributed by atoms with Crippen LogP contribution in [0.2, 0.25) is 0 Å². The van der Waals surface area contributed by atoms with Crippen LogP contribution < -0.4 is 4.74 Å². The van der Waals surface area contributed by atoms with Crippen molar-refractivity contribution in [1.82, 2.24) is 0 Å². The van der Waals surface area contributed by atoms with Gasteiger partial charge in [-0.1, -0.05) is 24.6 Å². The van der Waals surface area contributed by atoms with E-state index < -0.39 is 0 Å². The van der Waals surface area contributed by atoms with Crippen LogP contribution >= 0.6 is 0 Å². The van der Waals surface area contributed by atoms with E-state index in [4.69, 9.17) is 18.9 Å². The monoisotopic (exact) mass is 282 g/mol. The van der Waals surface area contributed by atoms with Gasteiger partial charge in [-0.25, -0.2) is 0 Å². The van der Waals surface area contributed by atoms with Gasteiger partial charge in [-0.2, -0.15) is 0 Å². The van der Waals surface area contributed by atoms with E-state index in [1.807, 2.05) is 24.3 Å². The van der Waals surface area contributed by atoms with Crippen molar-refractivity contribution >= 4 is 0 Å². The maximum atomic E-state index is 5.55. The van der Waals surface area contributed by atoms with Gasteiger partial charge in [-0.05, 0) is 25.5 Å². The predicted octanol–water partition coefficient (Wildman–Crippen LogP) is 2.83. The second kappa shape index (κ2) is 11.7. The molecule has 0 unspecified atom stereocenters. The summed E-state index contributed by atoms with van der Waals surface area (Å²) in [6.45, 7) is 8.55. The van der Waals surface area contributed by atoms with Crippen molar-refractivity contribution in [3.63, 3.8) is 0 Å². The van der Waals surface area contributed by atoms with Gasteiger partial charge in [0.2, 0.25) is 0 Å². The summed E-state index contributed by atoms with van der Waals surface area (Å²) in [5, 5.41) is 0. The highest BCUT2D eigenvalue weighted by Gasteiger charge is 1.94. The van der Waals surface area contributed by atoms with Crippen molar-refractivity contribution in [2.24, 2.45) is 0 Å². The molecule has 0 bridgehead atoms. The fourth-order valence-electron chi connectivity index (χ4n) is 1.54.